The second-order valence-corrected chi connectivity index (χ2v) is 5.25. The highest BCUT2D eigenvalue weighted by Crippen LogP contribution is 2.28. The van der Waals surface area contributed by atoms with Crippen LogP contribution in [0, 0.1) is 11.8 Å². The van der Waals surface area contributed by atoms with Crippen molar-refractivity contribution in [2.75, 3.05) is 0 Å². The summed E-state index contributed by atoms with van der Waals surface area (Å²) < 4.78 is 0. The van der Waals surface area contributed by atoms with Crippen LogP contribution in [0.15, 0.2) is 0 Å². The third kappa shape index (κ3) is 2.77. The first-order valence-electron chi connectivity index (χ1n) is 6.36. The van der Waals surface area contributed by atoms with Crippen LogP contribution in [0.25, 0.3) is 0 Å². The Morgan fingerprint density at radius 2 is 1.94 bits per heavy atom. The Morgan fingerprint density at radius 1 is 1.18 bits per heavy atom. The Labute approximate surface area is 101 Å². The van der Waals surface area contributed by atoms with Crippen molar-refractivity contribution in [3.63, 3.8) is 0 Å². The zero-order valence-corrected chi connectivity index (χ0v) is 9.89. The van der Waals surface area contributed by atoms with E-state index in [1.807, 2.05) is 0 Å². The van der Waals surface area contributed by atoms with Crippen molar-refractivity contribution in [1.82, 2.24) is 5.32 Å². The zero-order chi connectivity index (χ0) is 12.4. The smallest absolute Gasteiger partial charge is 0.306 e. The summed E-state index contributed by atoms with van der Waals surface area (Å²) in [7, 11) is 0. The van der Waals surface area contributed by atoms with Crippen molar-refractivity contribution in [1.29, 1.82) is 0 Å². The minimum absolute atomic E-state index is 0.0195. The SMILES string of the molecule is NC1CCCC1C(=O)N[C@H]1CC[C@@H](C(=O)O)C1. The van der Waals surface area contributed by atoms with E-state index in [9.17, 15) is 9.59 Å². The van der Waals surface area contributed by atoms with Crippen LogP contribution in [0.5, 0.6) is 0 Å². The number of amides is 1. The normalized spacial score (nSPS) is 37.0. The lowest BCUT2D eigenvalue weighted by Crippen LogP contribution is -2.42. The van der Waals surface area contributed by atoms with Crippen LogP contribution in [0.4, 0.5) is 0 Å². The van der Waals surface area contributed by atoms with E-state index in [-0.39, 0.29) is 29.8 Å². The molecule has 0 saturated heterocycles. The molecule has 96 valence electrons. The number of hydrogen-bond donors (Lipinski definition) is 3. The second-order valence-electron chi connectivity index (χ2n) is 5.25. The lowest BCUT2D eigenvalue weighted by Gasteiger charge is -2.19. The molecule has 2 aliphatic rings. The summed E-state index contributed by atoms with van der Waals surface area (Å²) in [5.74, 6) is -1.10. The molecule has 0 spiro atoms. The molecule has 4 atom stereocenters. The zero-order valence-electron chi connectivity index (χ0n) is 9.89. The largest absolute Gasteiger partial charge is 0.481 e. The van der Waals surface area contributed by atoms with Crippen molar-refractivity contribution in [2.45, 2.75) is 50.6 Å². The van der Waals surface area contributed by atoms with Crippen molar-refractivity contribution in [2.24, 2.45) is 17.6 Å². The van der Waals surface area contributed by atoms with Gasteiger partial charge in [0.15, 0.2) is 0 Å². The van der Waals surface area contributed by atoms with E-state index in [0.717, 1.165) is 25.7 Å². The van der Waals surface area contributed by atoms with Crippen LogP contribution in [-0.2, 0) is 9.59 Å². The van der Waals surface area contributed by atoms with Crippen LogP contribution < -0.4 is 11.1 Å². The summed E-state index contributed by atoms with van der Waals surface area (Å²) >= 11 is 0. The molecule has 5 nitrogen and oxygen atoms in total. The molecule has 0 heterocycles. The van der Waals surface area contributed by atoms with Gasteiger partial charge < -0.3 is 16.2 Å². The highest BCUT2D eigenvalue weighted by molar-refractivity contribution is 5.80. The third-order valence-electron chi connectivity index (χ3n) is 4.03. The third-order valence-corrected chi connectivity index (χ3v) is 4.03. The molecule has 0 aromatic carbocycles. The van der Waals surface area contributed by atoms with E-state index in [1.54, 1.807) is 0 Å². The monoisotopic (exact) mass is 240 g/mol. The molecule has 2 unspecified atom stereocenters. The lowest BCUT2D eigenvalue weighted by molar-refractivity contribution is -0.141. The molecule has 2 rings (SSSR count). The number of aliphatic carboxylic acids is 1. The van der Waals surface area contributed by atoms with Crippen LogP contribution in [0.2, 0.25) is 0 Å². The number of rotatable bonds is 3. The molecule has 2 saturated carbocycles. The van der Waals surface area contributed by atoms with Crippen LogP contribution in [-0.4, -0.2) is 29.1 Å². The minimum Gasteiger partial charge on any atom is -0.481 e. The van der Waals surface area contributed by atoms with E-state index in [0.29, 0.717) is 12.8 Å². The molecule has 4 N–H and O–H groups in total. The maximum absolute atomic E-state index is 11.9. The Balaban J connectivity index is 1.82. The van der Waals surface area contributed by atoms with Gasteiger partial charge in [-0.05, 0) is 32.1 Å². The number of carboxylic acid groups (broad SMARTS) is 1. The predicted octanol–water partition coefficient (Wildman–Crippen LogP) is 0.483. The number of carbonyl (C=O) groups excluding carboxylic acids is 1. The molecule has 2 aliphatic carbocycles. The van der Waals surface area contributed by atoms with Gasteiger partial charge in [-0.25, -0.2) is 0 Å². The molecule has 17 heavy (non-hydrogen) atoms. The fourth-order valence-corrected chi connectivity index (χ4v) is 2.96. The van der Waals surface area contributed by atoms with Crippen molar-refractivity contribution < 1.29 is 14.7 Å². The first-order valence-corrected chi connectivity index (χ1v) is 6.36. The van der Waals surface area contributed by atoms with Gasteiger partial charge in [-0.2, -0.15) is 0 Å². The summed E-state index contributed by atoms with van der Waals surface area (Å²) in [6, 6.07) is 0.00285. The lowest BCUT2D eigenvalue weighted by atomic mass is 10.0. The molecular formula is C12H20N2O3. The Bertz CT molecular complexity index is 319. The van der Waals surface area contributed by atoms with E-state index < -0.39 is 5.97 Å². The number of nitrogens with one attached hydrogen (secondary N) is 1. The van der Waals surface area contributed by atoms with E-state index in [1.165, 1.54) is 0 Å². The van der Waals surface area contributed by atoms with Crippen LogP contribution >= 0.6 is 0 Å². The van der Waals surface area contributed by atoms with E-state index in [4.69, 9.17) is 10.8 Å². The molecule has 2 fully saturated rings. The van der Waals surface area contributed by atoms with Gasteiger partial charge in [0.1, 0.15) is 0 Å². The van der Waals surface area contributed by atoms with E-state index in [2.05, 4.69) is 5.32 Å². The fourth-order valence-electron chi connectivity index (χ4n) is 2.96. The maximum Gasteiger partial charge on any atom is 0.306 e. The molecule has 0 bridgehead atoms. The summed E-state index contributed by atoms with van der Waals surface area (Å²) in [5, 5.41) is 11.8. The van der Waals surface area contributed by atoms with Gasteiger partial charge in [-0.3, -0.25) is 9.59 Å². The number of carbonyl (C=O) groups is 2. The summed E-state index contributed by atoms with van der Waals surface area (Å²) in [4.78, 5) is 22.8. The summed E-state index contributed by atoms with van der Waals surface area (Å²) in [6.07, 6.45) is 4.79. The van der Waals surface area contributed by atoms with Crippen LogP contribution in [0.3, 0.4) is 0 Å². The Hall–Kier alpha value is -1.10. The van der Waals surface area contributed by atoms with Gasteiger partial charge >= 0.3 is 5.97 Å². The first-order chi connectivity index (χ1) is 8.08. The van der Waals surface area contributed by atoms with Gasteiger partial charge in [-0.1, -0.05) is 6.42 Å². The topological polar surface area (TPSA) is 92.4 Å². The standard InChI is InChI=1S/C12H20N2O3/c13-10-3-1-2-9(10)11(15)14-8-5-4-7(6-8)12(16)17/h7-10H,1-6,13H2,(H,14,15)(H,16,17)/t7-,8+,9?,10?/m1/s1. The number of carboxylic acids is 1. The first kappa shape index (κ1) is 12.4. The fraction of sp³-hybridized carbons (Fsp3) is 0.833. The summed E-state index contributed by atoms with van der Waals surface area (Å²) in [5.41, 5.74) is 5.87. The van der Waals surface area contributed by atoms with Crippen LogP contribution in [0.1, 0.15) is 38.5 Å². The van der Waals surface area contributed by atoms with Crippen molar-refractivity contribution >= 4 is 11.9 Å². The quantitative estimate of drug-likeness (QED) is 0.669. The predicted molar refractivity (Wildman–Crippen MR) is 62.2 cm³/mol. The molecule has 0 radical (unpaired) electrons. The van der Waals surface area contributed by atoms with Gasteiger partial charge in [0.05, 0.1) is 11.8 Å². The summed E-state index contributed by atoms with van der Waals surface area (Å²) in [6.45, 7) is 0. The average molecular weight is 240 g/mol. The molecule has 0 aromatic heterocycles. The van der Waals surface area contributed by atoms with Gasteiger partial charge in [0.2, 0.25) is 5.91 Å². The van der Waals surface area contributed by atoms with Gasteiger partial charge in [0, 0.05) is 12.1 Å². The molecule has 0 aliphatic heterocycles. The highest BCUT2D eigenvalue weighted by Gasteiger charge is 2.34. The number of hydrogen-bond acceptors (Lipinski definition) is 3. The number of nitrogens with two attached hydrogens (primary N) is 1. The minimum atomic E-state index is -0.751. The van der Waals surface area contributed by atoms with E-state index >= 15 is 0 Å². The Kier molecular flexibility index (Phi) is 3.66. The maximum atomic E-state index is 11.9. The van der Waals surface area contributed by atoms with Gasteiger partial charge in [-0.15, -0.1) is 0 Å². The second kappa shape index (κ2) is 5.04. The van der Waals surface area contributed by atoms with Crippen molar-refractivity contribution in [3.8, 4) is 0 Å². The molecular weight excluding hydrogens is 220 g/mol. The average Bonchev–Trinajstić information content (AvgIpc) is 2.86. The highest BCUT2D eigenvalue weighted by atomic mass is 16.4. The molecule has 0 aromatic rings. The van der Waals surface area contributed by atoms with Crippen molar-refractivity contribution in [3.05, 3.63) is 0 Å². The van der Waals surface area contributed by atoms with Gasteiger partial charge in [0.25, 0.3) is 0 Å². The molecule has 1 amide bonds. The Morgan fingerprint density at radius 3 is 2.47 bits per heavy atom. The molecule has 5 heteroatoms.